The summed E-state index contributed by atoms with van der Waals surface area (Å²) in [6.07, 6.45) is 1.04. The van der Waals surface area contributed by atoms with E-state index in [1.165, 1.54) is 0 Å². The summed E-state index contributed by atoms with van der Waals surface area (Å²) in [5, 5.41) is 3.25. The first kappa shape index (κ1) is 11.2. The van der Waals surface area contributed by atoms with Crippen LogP contribution in [0.5, 0.6) is 5.75 Å². The van der Waals surface area contributed by atoms with E-state index in [-0.39, 0.29) is 0 Å². The fourth-order valence-corrected chi connectivity index (χ4v) is 1.20. The number of hydrogen-bond acceptors (Lipinski definition) is 3. The number of rotatable bonds is 6. The van der Waals surface area contributed by atoms with Crippen LogP contribution in [0.1, 0.15) is 13.3 Å². The number of ether oxygens (including phenoxy) is 1. The Morgan fingerprint density at radius 1 is 1.29 bits per heavy atom. The number of nitrogens with one attached hydrogen (secondary N) is 1. The minimum absolute atomic E-state index is 0.781. The number of benzene rings is 1. The van der Waals surface area contributed by atoms with Crippen LogP contribution in [0.4, 0.5) is 5.69 Å². The van der Waals surface area contributed by atoms with E-state index in [0.717, 1.165) is 36.8 Å². The molecule has 3 heteroatoms. The minimum Gasteiger partial charge on any atom is -0.494 e. The minimum atomic E-state index is 0.781. The molecular weight excluding hydrogens is 194 g/mol. The Balaban J connectivity index is 2.42. The van der Waals surface area contributed by atoms with Crippen LogP contribution in [0.2, 0.25) is 0 Å². The predicted molar refractivity (Wildman–Crippen MR) is 64.6 cm³/mol. The van der Waals surface area contributed by atoms with Gasteiger partial charge in [0.2, 0.25) is 0 Å². The summed E-state index contributed by atoms with van der Waals surface area (Å²) >= 11 is 4.13. The Labute approximate surface area is 91.1 Å². The van der Waals surface area contributed by atoms with E-state index in [2.05, 4.69) is 24.9 Å². The largest absolute Gasteiger partial charge is 0.494 e. The lowest BCUT2D eigenvalue weighted by molar-refractivity contribution is 0.317. The van der Waals surface area contributed by atoms with Crippen molar-refractivity contribution in [2.24, 2.45) is 0 Å². The summed E-state index contributed by atoms with van der Waals surface area (Å²) in [5.74, 6) is 1.77. The molecule has 0 unspecified atom stereocenters. The van der Waals surface area contributed by atoms with Gasteiger partial charge in [-0.1, -0.05) is 6.92 Å². The first-order valence-corrected chi connectivity index (χ1v) is 5.57. The van der Waals surface area contributed by atoms with Crippen molar-refractivity contribution in [2.45, 2.75) is 13.3 Å². The van der Waals surface area contributed by atoms with E-state index in [1.807, 2.05) is 24.3 Å². The summed E-state index contributed by atoms with van der Waals surface area (Å²) in [7, 11) is 0. The maximum atomic E-state index is 5.47. The molecule has 14 heavy (non-hydrogen) atoms. The Bertz CT molecular complexity index is 221. The van der Waals surface area contributed by atoms with Gasteiger partial charge in [-0.05, 0) is 30.7 Å². The second-order valence-corrected chi connectivity index (χ2v) is 3.47. The number of thiol groups is 1. The molecule has 0 spiro atoms. The van der Waals surface area contributed by atoms with Gasteiger partial charge in [0.25, 0.3) is 0 Å². The summed E-state index contributed by atoms with van der Waals surface area (Å²) < 4.78 is 5.47. The van der Waals surface area contributed by atoms with Gasteiger partial charge in [-0.3, -0.25) is 0 Å². The second-order valence-electron chi connectivity index (χ2n) is 3.02. The molecule has 2 nitrogen and oxygen atoms in total. The van der Waals surface area contributed by atoms with Crippen LogP contribution in [-0.4, -0.2) is 18.9 Å². The predicted octanol–water partition coefficient (Wildman–Crippen LogP) is 2.82. The highest BCUT2D eigenvalue weighted by Gasteiger charge is 1.93. The molecule has 0 aliphatic rings. The number of anilines is 1. The van der Waals surface area contributed by atoms with E-state index < -0.39 is 0 Å². The quantitative estimate of drug-likeness (QED) is 0.706. The third kappa shape index (κ3) is 3.92. The lowest BCUT2D eigenvalue weighted by Crippen LogP contribution is -2.02. The molecule has 78 valence electrons. The highest BCUT2D eigenvalue weighted by molar-refractivity contribution is 7.80. The molecule has 0 aromatic heterocycles. The maximum absolute atomic E-state index is 5.47. The van der Waals surface area contributed by atoms with Crippen molar-refractivity contribution in [3.8, 4) is 5.75 Å². The van der Waals surface area contributed by atoms with Crippen molar-refractivity contribution in [1.82, 2.24) is 0 Å². The zero-order valence-corrected chi connectivity index (χ0v) is 9.39. The average Bonchev–Trinajstić information content (AvgIpc) is 2.25. The Kier molecular flexibility index (Phi) is 5.30. The lowest BCUT2D eigenvalue weighted by Gasteiger charge is -2.07. The molecule has 1 aromatic carbocycles. The summed E-state index contributed by atoms with van der Waals surface area (Å²) in [5.41, 5.74) is 1.11. The highest BCUT2D eigenvalue weighted by atomic mass is 32.1. The molecule has 0 fully saturated rings. The summed E-state index contributed by atoms with van der Waals surface area (Å²) in [4.78, 5) is 0. The van der Waals surface area contributed by atoms with Crippen molar-refractivity contribution in [3.63, 3.8) is 0 Å². The monoisotopic (exact) mass is 211 g/mol. The van der Waals surface area contributed by atoms with Gasteiger partial charge in [-0.2, -0.15) is 12.6 Å². The fourth-order valence-electron chi connectivity index (χ4n) is 1.09. The van der Waals surface area contributed by atoms with Crippen LogP contribution in [0, 0.1) is 0 Å². The molecule has 0 aliphatic carbocycles. The average molecular weight is 211 g/mol. The standard InChI is InChI=1S/C11H17NOS/c1-2-8-13-11-5-3-10(4-6-11)12-7-9-14/h3-6,12,14H,2,7-9H2,1H3. The molecule has 0 atom stereocenters. The van der Waals surface area contributed by atoms with Crippen molar-refractivity contribution in [1.29, 1.82) is 0 Å². The number of hydrogen-bond donors (Lipinski definition) is 2. The van der Waals surface area contributed by atoms with Gasteiger partial charge in [0, 0.05) is 18.0 Å². The van der Waals surface area contributed by atoms with Crippen molar-refractivity contribution in [2.75, 3.05) is 24.2 Å². The molecule has 1 aromatic rings. The smallest absolute Gasteiger partial charge is 0.119 e. The molecule has 1 rings (SSSR count). The zero-order valence-electron chi connectivity index (χ0n) is 8.49. The van der Waals surface area contributed by atoms with Gasteiger partial charge in [-0.15, -0.1) is 0 Å². The van der Waals surface area contributed by atoms with Crippen LogP contribution < -0.4 is 10.1 Å². The van der Waals surface area contributed by atoms with Crippen LogP contribution in [0.25, 0.3) is 0 Å². The van der Waals surface area contributed by atoms with E-state index in [1.54, 1.807) is 0 Å². The normalized spacial score (nSPS) is 9.86. The molecule has 0 heterocycles. The van der Waals surface area contributed by atoms with Crippen molar-refractivity contribution >= 4 is 18.3 Å². The van der Waals surface area contributed by atoms with Crippen LogP contribution in [0.15, 0.2) is 24.3 Å². The molecule has 0 bridgehead atoms. The van der Waals surface area contributed by atoms with Gasteiger partial charge in [0.1, 0.15) is 5.75 Å². The Hall–Kier alpha value is -0.830. The van der Waals surface area contributed by atoms with E-state index in [4.69, 9.17) is 4.74 Å². The van der Waals surface area contributed by atoms with Crippen LogP contribution in [-0.2, 0) is 0 Å². The van der Waals surface area contributed by atoms with Crippen molar-refractivity contribution in [3.05, 3.63) is 24.3 Å². The van der Waals surface area contributed by atoms with Gasteiger partial charge < -0.3 is 10.1 Å². The molecule has 0 radical (unpaired) electrons. The molecule has 0 saturated carbocycles. The third-order valence-electron chi connectivity index (χ3n) is 1.77. The first-order chi connectivity index (χ1) is 6.86. The SMILES string of the molecule is CCCOc1ccc(NCCS)cc1. The van der Waals surface area contributed by atoms with Gasteiger partial charge in [0.15, 0.2) is 0 Å². The van der Waals surface area contributed by atoms with E-state index >= 15 is 0 Å². The zero-order chi connectivity index (χ0) is 10.2. The first-order valence-electron chi connectivity index (χ1n) is 4.94. The topological polar surface area (TPSA) is 21.3 Å². The summed E-state index contributed by atoms with van der Waals surface area (Å²) in [6.45, 7) is 3.77. The summed E-state index contributed by atoms with van der Waals surface area (Å²) in [6, 6.07) is 8.01. The van der Waals surface area contributed by atoms with Gasteiger partial charge in [0.05, 0.1) is 6.61 Å². The van der Waals surface area contributed by atoms with Crippen LogP contribution >= 0.6 is 12.6 Å². The maximum Gasteiger partial charge on any atom is 0.119 e. The van der Waals surface area contributed by atoms with Gasteiger partial charge >= 0.3 is 0 Å². The highest BCUT2D eigenvalue weighted by Crippen LogP contribution is 2.15. The van der Waals surface area contributed by atoms with E-state index in [9.17, 15) is 0 Å². The van der Waals surface area contributed by atoms with Crippen molar-refractivity contribution < 1.29 is 4.74 Å². The molecule has 0 saturated heterocycles. The third-order valence-corrected chi connectivity index (χ3v) is 1.99. The molecule has 0 amide bonds. The van der Waals surface area contributed by atoms with Crippen LogP contribution in [0.3, 0.4) is 0 Å². The lowest BCUT2D eigenvalue weighted by atomic mass is 10.3. The fraction of sp³-hybridized carbons (Fsp3) is 0.455. The molecule has 1 N–H and O–H groups in total. The van der Waals surface area contributed by atoms with Gasteiger partial charge in [-0.25, -0.2) is 0 Å². The van der Waals surface area contributed by atoms with E-state index in [0.29, 0.717) is 0 Å². The second kappa shape index (κ2) is 6.60. The molecular formula is C11H17NOS. The molecule has 0 aliphatic heterocycles. The Morgan fingerprint density at radius 2 is 2.00 bits per heavy atom. The Morgan fingerprint density at radius 3 is 2.57 bits per heavy atom.